The van der Waals surface area contributed by atoms with Crippen molar-refractivity contribution in [1.82, 2.24) is 9.67 Å². The van der Waals surface area contributed by atoms with E-state index in [0.717, 1.165) is 0 Å². The van der Waals surface area contributed by atoms with E-state index < -0.39 is 12.0 Å². The normalized spacial score (nSPS) is 12.9. The zero-order valence-corrected chi connectivity index (χ0v) is 17.0. The van der Waals surface area contributed by atoms with Crippen molar-refractivity contribution in [3.63, 3.8) is 0 Å². The summed E-state index contributed by atoms with van der Waals surface area (Å²) in [5, 5.41) is 11.6. The molecule has 1 amide bonds. The summed E-state index contributed by atoms with van der Waals surface area (Å²) in [4.78, 5) is 26.6. The summed E-state index contributed by atoms with van der Waals surface area (Å²) >= 11 is 11.1. The fourth-order valence-electron chi connectivity index (χ4n) is 1.60. The van der Waals surface area contributed by atoms with Gasteiger partial charge in [-0.2, -0.15) is 0 Å². The van der Waals surface area contributed by atoms with Gasteiger partial charge >= 0.3 is 5.97 Å². The van der Waals surface area contributed by atoms with Crippen LogP contribution in [0, 0.1) is 0 Å². The van der Waals surface area contributed by atoms with Crippen LogP contribution in [0.25, 0.3) is 0 Å². The Morgan fingerprint density at radius 3 is 2.15 bits per heavy atom. The first kappa shape index (κ1) is 22.9. The van der Waals surface area contributed by atoms with Crippen LogP contribution < -0.4 is 19.7 Å². The van der Waals surface area contributed by atoms with Gasteiger partial charge in [-0.05, 0) is 47.8 Å². The van der Waals surface area contributed by atoms with E-state index in [0.29, 0.717) is 22.9 Å². The maximum absolute atomic E-state index is 11.0. The smallest absolute Gasteiger partial charge is 0.322 e. The van der Waals surface area contributed by atoms with Gasteiger partial charge in [0.1, 0.15) is 17.6 Å². The van der Waals surface area contributed by atoms with Gasteiger partial charge in [0, 0.05) is 24.1 Å². The molecule has 0 saturated carbocycles. The van der Waals surface area contributed by atoms with Crippen LogP contribution in [0.2, 0.25) is 0 Å². The number of hydrogen-bond acceptors (Lipinski definition) is 7. The molecule has 1 aromatic carbocycles. The average molecular weight is 440 g/mol. The van der Waals surface area contributed by atoms with Crippen molar-refractivity contribution in [2.45, 2.75) is 19.0 Å². The Morgan fingerprint density at radius 2 is 1.69 bits per heavy atom. The third-order valence-corrected chi connectivity index (χ3v) is 5.88. The molecular weight excluding hydrogens is 421 g/mol. The molecule has 2 atom stereocenters. The highest BCUT2D eigenvalue weighted by Gasteiger charge is 2.18. The predicted octanol–water partition coefficient (Wildman–Crippen LogP) is 3.23. The minimum atomic E-state index is -1.02. The summed E-state index contributed by atoms with van der Waals surface area (Å²) in [5.74, 6) is 0.581. The molecule has 4 N–H and O–H groups in total. The van der Waals surface area contributed by atoms with Crippen LogP contribution in [0.3, 0.4) is 0 Å². The van der Waals surface area contributed by atoms with Crippen LogP contribution in [0.15, 0.2) is 36.6 Å². The molecule has 0 aromatic heterocycles. The molecule has 11 heteroatoms. The standard InChI is InChI=1S/C15H19Cl2N3O4S2/c1-9(24-12-5-3-11(4-6-12)18-10(2)21)13(19-16)7-25-26-8-14(20-17)15(22)23/h3-6,13-14,19-20H,1,7-8H2,2H3,(H,18,21)(H,22,23). The van der Waals surface area contributed by atoms with Crippen molar-refractivity contribution in [2.24, 2.45) is 0 Å². The Labute approximate surface area is 169 Å². The molecule has 1 aromatic rings. The van der Waals surface area contributed by atoms with E-state index in [1.165, 1.54) is 28.5 Å². The van der Waals surface area contributed by atoms with Crippen LogP contribution in [0.1, 0.15) is 6.92 Å². The fourth-order valence-corrected chi connectivity index (χ4v) is 4.51. The van der Waals surface area contributed by atoms with Gasteiger partial charge in [0.25, 0.3) is 0 Å². The number of nitrogens with one attached hydrogen (secondary N) is 3. The molecule has 0 aliphatic carbocycles. The number of carbonyl (C=O) groups is 2. The second kappa shape index (κ2) is 12.3. The molecule has 144 valence electrons. The molecule has 0 heterocycles. The summed E-state index contributed by atoms with van der Waals surface area (Å²) in [7, 11) is 2.76. The molecule has 26 heavy (non-hydrogen) atoms. The zero-order chi connectivity index (χ0) is 19.5. The lowest BCUT2D eigenvalue weighted by Crippen LogP contribution is -2.33. The Bertz CT molecular complexity index is 619. The second-order valence-corrected chi connectivity index (χ2v) is 7.99. The molecular formula is C15H19Cl2N3O4S2. The van der Waals surface area contributed by atoms with Crippen LogP contribution in [0.4, 0.5) is 5.69 Å². The first-order chi connectivity index (χ1) is 12.4. The lowest BCUT2D eigenvalue weighted by molar-refractivity contribution is -0.138. The van der Waals surface area contributed by atoms with Gasteiger partial charge in [0.2, 0.25) is 5.91 Å². The number of ether oxygens (including phenoxy) is 1. The van der Waals surface area contributed by atoms with Gasteiger partial charge in [0.05, 0.1) is 6.04 Å². The van der Waals surface area contributed by atoms with Gasteiger partial charge in [0.15, 0.2) is 0 Å². The molecule has 0 spiro atoms. The Morgan fingerprint density at radius 1 is 1.15 bits per heavy atom. The van der Waals surface area contributed by atoms with Gasteiger partial charge < -0.3 is 15.2 Å². The number of carboxylic acids is 1. The first-order valence-corrected chi connectivity index (χ1v) is 10.6. The van der Waals surface area contributed by atoms with Crippen LogP contribution in [-0.2, 0) is 9.59 Å². The SMILES string of the molecule is C=C(Oc1ccc(NC(C)=O)cc1)C(CSSCC(NCl)C(=O)O)NCl. The Hall–Kier alpha value is -1.10. The first-order valence-electron chi connectivity index (χ1n) is 7.31. The van der Waals surface area contributed by atoms with Crippen molar-refractivity contribution in [3.8, 4) is 5.75 Å². The van der Waals surface area contributed by atoms with E-state index in [9.17, 15) is 9.59 Å². The minimum Gasteiger partial charge on any atom is -0.480 e. The minimum absolute atomic E-state index is 0.154. The highest BCUT2D eigenvalue weighted by molar-refractivity contribution is 8.76. The Kier molecular flexibility index (Phi) is 10.9. The molecule has 0 aliphatic rings. The topological polar surface area (TPSA) is 99.7 Å². The fraction of sp³-hybridized carbons (Fsp3) is 0.333. The van der Waals surface area contributed by atoms with E-state index in [2.05, 4.69) is 21.6 Å². The number of hydrogen-bond donors (Lipinski definition) is 4. The number of benzene rings is 1. The third kappa shape index (κ3) is 8.52. The van der Waals surface area contributed by atoms with Crippen LogP contribution >= 0.6 is 45.1 Å². The monoisotopic (exact) mass is 439 g/mol. The number of amides is 1. The van der Waals surface area contributed by atoms with E-state index in [4.69, 9.17) is 33.4 Å². The lowest BCUT2D eigenvalue weighted by atomic mass is 10.3. The van der Waals surface area contributed by atoms with Gasteiger partial charge in [-0.1, -0.05) is 28.2 Å². The lowest BCUT2D eigenvalue weighted by Gasteiger charge is -2.18. The molecule has 2 unspecified atom stereocenters. The Balaban J connectivity index is 2.45. The zero-order valence-electron chi connectivity index (χ0n) is 13.8. The third-order valence-electron chi connectivity index (χ3n) is 2.93. The van der Waals surface area contributed by atoms with Crippen molar-refractivity contribution in [1.29, 1.82) is 0 Å². The summed E-state index contributed by atoms with van der Waals surface area (Å²) in [6.07, 6.45) is 0. The predicted molar refractivity (Wildman–Crippen MR) is 109 cm³/mol. The number of halogens is 2. The van der Waals surface area contributed by atoms with Crippen molar-refractivity contribution < 1.29 is 19.4 Å². The molecule has 0 radical (unpaired) electrons. The number of carboxylic acid groups (broad SMARTS) is 1. The van der Waals surface area contributed by atoms with E-state index in [1.54, 1.807) is 24.3 Å². The second-order valence-electron chi connectivity index (χ2n) is 5.00. The van der Waals surface area contributed by atoms with Gasteiger partial charge in [-0.15, -0.1) is 0 Å². The largest absolute Gasteiger partial charge is 0.480 e. The quantitative estimate of drug-likeness (QED) is 0.170. The van der Waals surface area contributed by atoms with Gasteiger partial charge in [-0.25, -0.2) is 9.67 Å². The number of anilines is 1. The van der Waals surface area contributed by atoms with Crippen molar-refractivity contribution >= 4 is 62.7 Å². The number of carbonyl (C=O) groups excluding carboxylic acids is 1. The average Bonchev–Trinajstić information content (AvgIpc) is 2.59. The van der Waals surface area contributed by atoms with Gasteiger partial charge in [-0.3, -0.25) is 9.59 Å². The summed E-state index contributed by atoms with van der Waals surface area (Å²) < 4.78 is 5.66. The van der Waals surface area contributed by atoms with E-state index in [-0.39, 0.29) is 17.7 Å². The molecule has 0 bridgehead atoms. The molecule has 0 fully saturated rings. The maximum Gasteiger partial charge on any atom is 0.322 e. The van der Waals surface area contributed by atoms with E-state index in [1.807, 2.05) is 0 Å². The maximum atomic E-state index is 11.0. The highest BCUT2D eigenvalue weighted by atomic mass is 35.5. The summed E-state index contributed by atoms with van der Waals surface area (Å²) in [5.41, 5.74) is 0.662. The molecule has 0 saturated heterocycles. The van der Waals surface area contributed by atoms with E-state index >= 15 is 0 Å². The highest BCUT2D eigenvalue weighted by Crippen LogP contribution is 2.26. The number of rotatable bonds is 12. The van der Waals surface area contributed by atoms with Crippen molar-refractivity contribution in [3.05, 3.63) is 36.6 Å². The van der Waals surface area contributed by atoms with Crippen LogP contribution in [0.5, 0.6) is 5.75 Å². The summed E-state index contributed by atoms with van der Waals surface area (Å²) in [6.45, 7) is 5.29. The van der Waals surface area contributed by atoms with Crippen molar-refractivity contribution in [2.75, 3.05) is 16.8 Å². The summed E-state index contributed by atoms with van der Waals surface area (Å²) in [6, 6.07) is 5.64. The molecule has 7 nitrogen and oxygen atoms in total. The molecule has 1 rings (SSSR count). The van der Waals surface area contributed by atoms with Crippen LogP contribution in [-0.4, -0.2) is 40.6 Å². The molecule has 0 aliphatic heterocycles. The number of aliphatic carboxylic acids is 1.